The van der Waals surface area contributed by atoms with E-state index in [2.05, 4.69) is 25.0 Å². The minimum Gasteiger partial charge on any atom is -0.454 e. The molecule has 0 bridgehead atoms. The molecule has 2 heterocycles. The van der Waals surface area contributed by atoms with Crippen molar-refractivity contribution in [1.82, 2.24) is 9.78 Å². The van der Waals surface area contributed by atoms with Gasteiger partial charge in [0, 0.05) is 53.3 Å². The molecule has 0 amide bonds. The van der Waals surface area contributed by atoms with E-state index >= 15 is 0 Å². The van der Waals surface area contributed by atoms with Crippen LogP contribution in [0.2, 0.25) is 0 Å². The second-order valence-electron chi connectivity index (χ2n) is 9.86. The smallest absolute Gasteiger partial charge is 0.331 e. The number of fused-ring (bicyclic) bond motifs is 1. The second-order valence-corrected chi connectivity index (χ2v) is 9.86. The molecule has 0 saturated carbocycles. The Kier molecular flexibility index (Phi) is 6.98. The summed E-state index contributed by atoms with van der Waals surface area (Å²) < 4.78 is 20.4. The van der Waals surface area contributed by atoms with Gasteiger partial charge in [-0.25, -0.2) is 13.9 Å². The van der Waals surface area contributed by atoms with E-state index in [1.54, 1.807) is 35.2 Å². The number of ether oxygens (including phenoxy) is 1. The van der Waals surface area contributed by atoms with Crippen molar-refractivity contribution in [3.63, 3.8) is 0 Å². The highest BCUT2D eigenvalue weighted by atomic mass is 19.1. The lowest BCUT2D eigenvalue weighted by molar-refractivity contribution is -0.141. The second kappa shape index (κ2) is 10.5. The van der Waals surface area contributed by atoms with Gasteiger partial charge in [-0.1, -0.05) is 50.2 Å². The van der Waals surface area contributed by atoms with Gasteiger partial charge in [0.05, 0.1) is 11.4 Å². The Bertz CT molecular complexity index is 1580. The fourth-order valence-electron chi connectivity index (χ4n) is 4.86. The van der Waals surface area contributed by atoms with Crippen LogP contribution in [0, 0.1) is 5.82 Å². The third-order valence-electron chi connectivity index (χ3n) is 6.87. The van der Waals surface area contributed by atoms with Crippen LogP contribution in [-0.4, -0.2) is 35.2 Å². The highest BCUT2D eigenvalue weighted by Gasteiger charge is 2.38. The first kappa shape index (κ1) is 25.9. The maximum atomic E-state index is 13.5. The van der Waals surface area contributed by atoms with Crippen molar-refractivity contribution in [3.8, 4) is 16.9 Å². The summed E-state index contributed by atoms with van der Waals surface area (Å²) >= 11 is 0. The topological polar surface area (TPSA) is 64.4 Å². The molecule has 6 nitrogen and oxygen atoms in total. The van der Waals surface area contributed by atoms with Crippen molar-refractivity contribution >= 4 is 23.5 Å². The molecule has 1 aromatic heterocycles. The van der Waals surface area contributed by atoms with Crippen LogP contribution in [0.3, 0.4) is 0 Å². The van der Waals surface area contributed by atoms with E-state index < -0.39 is 5.97 Å². The number of benzene rings is 3. The number of likely N-dealkylation sites (N-methyl/N-ethyl adjacent to an activating group) is 1. The van der Waals surface area contributed by atoms with Crippen LogP contribution >= 0.6 is 0 Å². The molecule has 3 aromatic carbocycles. The zero-order valence-corrected chi connectivity index (χ0v) is 22.0. The molecule has 1 aliphatic rings. The Morgan fingerprint density at radius 2 is 1.67 bits per heavy atom. The molecular weight excluding hydrogens is 493 g/mol. The molecule has 0 radical (unpaired) electrons. The molecule has 7 heteroatoms. The molecule has 0 N–H and O–H groups in total. The first-order chi connectivity index (χ1) is 18.7. The molecule has 0 spiro atoms. The van der Waals surface area contributed by atoms with Gasteiger partial charge in [0.15, 0.2) is 12.4 Å². The fraction of sp³-hybridized carbons (Fsp3) is 0.156. The summed E-state index contributed by atoms with van der Waals surface area (Å²) in [5.74, 6) is -1.30. The number of ketones is 1. The zero-order valence-electron chi connectivity index (χ0n) is 22.0. The van der Waals surface area contributed by atoms with Gasteiger partial charge in [-0.2, -0.15) is 5.10 Å². The van der Waals surface area contributed by atoms with E-state index in [4.69, 9.17) is 4.74 Å². The molecule has 1 aliphatic heterocycles. The molecule has 4 aromatic rings. The molecule has 0 aliphatic carbocycles. The number of halogens is 1. The number of carbonyl (C=O) groups is 2. The lowest BCUT2D eigenvalue weighted by atomic mass is 9.83. The van der Waals surface area contributed by atoms with Crippen LogP contribution in [0.5, 0.6) is 0 Å². The highest BCUT2D eigenvalue weighted by molar-refractivity contribution is 5.96. The van der Waals surface area contributed by atoms with E-state index in [1.165, 1.54) is 18.2 Å². The standard InChI is InChI=1S/C32H28FN3O3/c1-32(2)27-11-7-8-12-28(27)35(3)29(32)19-26(37)21-39-30(38)18-15-23-20-36(25-9-5-4-6-10-25)34-31(23)22-13-16-24(33)17-14-22/h4-20H,21H2,1-3H3/b18-15+,29-19+. The van der Waals surface area contributed by atoms with E-state index in [0.717, 1.165) is 22.6 Å². The molecule has 0 atom stereocenters. The predicted molar refractivity (Wildman–Crippen MR) is 150 cm³/mol. The number of rotatable bonds is 7. The lowest BCUT2D eigenvalue weighted by Gasteiger charge is -2.23. The van der Waals surface area contributed by atoms with Crippen molar-refractivity contribution in [2.24, 2.45) is 0 Å². The van der Waals surface area contributed by atoms with Crippen molar-refractivity contribution in [3.05, 3.63) is 120 Å². The Morgan fingerprint density at radius 1 is 0.974 bits per heavy atom. The summed E-state index contributed by atoms with van der Waals surface area (Å²) in [5.41, 5.74) is 5.44. The molecule has 5 rings (SSSR count). The number of allylic oxidation sites excluding steroid dienone is 1. The Balaban J connectivity index is 1.31. The van der Waals surface area contributed by atoms with E-state index in [-0.39, 0.29) is 23.6 Å². The number of aromatic nitrogens is 2. The van der Waals surface area contributed by atoms with Crippen molar-refractivity contribution in [1.29, 1.82) is 0 Å². The Labute approximate surface area is 226 Å². The monoisotopic (exact) mass is 521 g/mol. The minimum atomic E-state index is -0.651. The van der Waals surface area contributed by atoms with Gasteiger partial charge in [-0.3, -0.25) is 4.79 Å². The minimum absolute atomic E-state index is 0.302. The summed E-state index contributed by atoms with van der Waals surface area (Å²) in [6.07, 6.45) is 6.18. The number of anilines is 1. The third kappa shape index (κ3) is 5.29. The first-order valence-electron chi connectivity index (χ1n) is 12.6. The average Bonchev–Trinajstić information content (AvgIpc) is 3.45. The van der Waals surface area contributed by atoms with Crippen LogP contribution in [0.1, 0.15) is 25.0 Å². The molecule has 0 unspecified atom stereocenters. The quantitative estimate of drug-likeness (QED) is 0.217. The molecule has 196 valence electrons. The summed E-state index contributed by atoms with van der Waals surface area (Å²) in [6, 6.07) is 23.5. The maximum absolute atomic E-state index is 13.5. The molecule has 39 heavy (non-hydrogen) atoms. The van der Waals surface area contributed by atoms with Gasteiger partial charge in [-0.15, -0.1) is 0 Å². The van der Waals surface area contributed by atoms with Crippen LogP contribution in [0.15, 0.2) is 103 Å². The van der Waals surface area contributed by atoms with Crippen molar-refractivity contribution in [2.45, 2.75) is 19.3 Å². The van der Waals surface area contributed by atoms with Crippen molar-refractivity contribution < 1.29 is 18.7 Å². The number of nitrogens with zero attached hydrogens (tertiary/aromatic N) is 3. The third-order valence-corrected chi connectivity index (χ3v) is 6.87. The van der Waals surface area contributed by atoms with Crippen LogP contribution in [-0.2, 0) is 19.7 Å². The van der Waals surface area contributed by atoms with Gasteiger partial charge in [0.25, 0.3) is 0 Å². The number of esters is 1. The summed E-state index contributed by atoms with van der Waals surface area (Å²) in [7, 11) is 1.93. The van der Waals surface area contributed by atoms with E-state index in [1.807, 2.05) is 60.5 Å². The zero-order chi connectivity index (χ0) is 27.6. The number of hydrogen-bond donors (Lipinski definition) is 0. The average molecular weight is 522 g/mol. The van der Waals surface area contributed by atoms with Crippen LogP contribution < -0.4 is 4.90 Å². The van der Waals surface area contributed by atoms with Gasteiger partial charge >= 0.3 is 5.97 Å². The highest BCUT2D eigenvalue weighted by Crippen LogP contribution is 2.46. The predicted octanol–water partition coefficient (Wildman–Crippen LogP) is 6.12. The largest absolute Gasteiger partial charge is 0.454 e. The summed E-state index contributed by atoms with van der Waals surface area (Å²) in [4.78, 5) is 27.3. The summed E-state index contributed by atoms with van der Waals surface area (Å²) in [6.45, 7) is 3.76. The van der Waals surface area contributed by atoms with E-state index in [0.29, 0.717) is 16.8 Å². The Hall–Kier alpha value is -4.78. The van der Waals surface area contributed by atoms with Gasteiger partial charge in [0.1, 0.15) is 5.82 Å². The van der Waals surface area contributed by atoms with Gasteiger partial charge in [-0.05, 0) is 54.1 Å². The van der Waals surface area contributed by atoms with Crippen molar-refractivity contribution in [2.75, 3.05) is 18.6 Å². The van der Waals surface area contributed by atoms with Crippen LogP contribution in [0.25, 0.3) is 23.0 Å². The van der Waals surface area contributed by atoms with Crippen LogP contribution in [0.4, 0.5) is 10.1 Å². The number of carbonyl (C=O) groups excluding carboxylic acids is 2. The summed E-state index contributed by atoms with van der Waals surface area (Å²) in [5, 5.41) is 4.65. The lowest BCUT2D eigenvalue weighted by Crippen LogP contribution is -2.25. The molecule has 0 fully saturated rings. The Morgan fingerprint density at radius 3 is 2.38 bits per heavy atom. The fourth-order valence-corrected chi connectivity index (χ4v) is 4.86. The van der Waals surface area contributed by atoms with E-state index in [9.17, 15) is 14.0 Å². The molecule has 0 saturated heterocycles. The van der Waals surface area contributed by atoms with Gasteiger partial charge in [0.2, 0.25) is 0 Å². The number of hydrogen-bond acceptors (Lipinski definition) is 5. The SMILES string of the molecule is CN1/C(=C/C(=O)COC(=O)/C=C/c2cn(-c3ccccc3)nc2-c2ccc(F)cc2)C(C)(C)c2ccccc21. The molecular formula is C32H28FN3O3. The normalized spacial score (nSPS) is 15.1. The van der Waals surface area contributed by atoms with Gasteiger partial charge < -0.3 is 9.64 Å². The number of para-hydroxylation sites is 2. The first-order valence-corrected chi connectivity index (χ1v) is 12.6. The maximum Gasteiger partial charge on any atom is 0.331 e.